The van der Waals surface area contributed by atoms with Crippen LogP contribution in [0.2, 0.25) is 0 Å². The van der Waals surface area contributed by atoms with Gasteiger partial charge in [-0.05, 0) is 48.4 Å². The monoisotopic (exact) mass is 433 g/mol. The molecule has 0 saturated heterocycles. The highest BCUT2D eigenvalue weighted by Crippen LogP contribution is 2.25. The Morgan fingerprint density at radius 2 is 2.00 bits per heavy atom. The van der Waals surface area contributed by atoms with Crippen LogP contribution in [0.3, 0.4) is 0 Å². The molecule has 3 heterocycles. The van der Waals surface area contributed by atoms with E-state index in [0.29, 0.717) is 23.5 Å². The van der Waals surface area contributed by atoms with E-state index in [-0.39, 0.29) is 5.91 Å². The first-order valence-corrected chi connectivity index (χ1v) is 10.3. The number of anilines is 1. The minimum absolute atomic E-state index is 0.313. The molecule has 0 aliphatic rings. The second kappa shape index (κ2) is 8.40. The number of H-pyrrole nitrogens is 1. The lowest BCUT2D eigenvalue weighted by molar-refractivity contribution is 0.102. The average molecular weight is 433 g/mol. The number of aromatic nitrogens is 5. The van der Waals surface area contributed by atoms with Crippen molar-refractivity contribution in [3.8, 4) is 17.2 Å². The Morgan fingerprint density at radius 1 is 1.12 bits per heavy atom. The Kier molecular flexibility index (Phi) is 5.13. The van der Waals surface area contributed by atoms with Crippen LogP contribution in [0.1, 0.15) is 27.3 Å². The molecule has 0 saturated carbocycles. The maximum absolute atomic E-state index is 12.9. The number of carbonyl (C=O) groups is 1. The molecule has 2 aromatic carbocycles. The van der Waals surface area contributed by atoms with Crippen molar-refractivity contribution in [2.75, 3.05) is 5.32 Å². The van der Waals surface area contributed by atoms with Gasteiger partial charge < -0.3 is 5.32 Å². The Morgan fingerprint density at radius 3 is 2.82 bits per heavy atom. The van der Waals surface area contributed by atoms with Gasteiger partial charge in [-0.2, -0.15) is 15.5 Å². The largest absolute Gasteiger partial charge is 0.318 e. The molecular formula is C25H19N7O. The number of nitrogens with one attached hydrogen (secondary N) is 2. The number of aryl methyl sites for hydroxylation is 1. The summed E-state index contributed by atoms with van der Waals surface area (Å²) in [4.78, 5) is 17.2. The summed E-state index contributed by atoms with van der Waals surface area (Å²) < 4.78 is 1.71. The van der Waals surface area contributed by atoms with Gasteiger partial charge in [0.25, 0.3) is 5.91 Å². The minimum Gasteiger partial charge on any atom is -0.318 e. The van der Waals surface area contributed by atoms with Gasteiger partial charge in [-0.25, -0.2) is 0 Å². The molecule has 5 rings (SSSR count). The fourth-order valence-electron chi connectivity index (χ4n) is 3.64. The van der Waals surface area contributed by atoms with E-state index in [4.69, 9.17) is 5.26 Å². The van der Waals surface area contributed by atoms with E-state index in [9.17, 15) is 4.79 Å². The van der Waals surface area contributed by atoms with Crippen LogP contribution < -0.4 is 5.32 Å². The highest BCUT2D eigenvalue weighted by atomic mass is 16.2. The van der Waals surface area contributed by atoms with E-state index in [2.05, 4.69) is 31.7 Å². The molecule has 0 aliphatic carbocycles. The number of nitrogens with zero attached hydrogens (tertiary/aromatic N) is 5. The third-order valence-corrected chi connectivity index (χ3v) is 5.31. The molecule has 3 aromatic heterocycles. The number of hydrogen-bond acceptors (Lipinski definition) is 5. The zero-order valence-electron chi connectivity index (χ0n) is 17.8. The second-order valence-corrected chi connectivity index (χ2v) is 7.71. The molecule has 0 fully saturated rings. The minimum atomic E-state index is -0.322. The summed E-state index contributed by atoms with van der Waals surface area (Å²) in [7, 11) is 0. The van der Waals surface area contributed by atoms with Gasteiger partial charge in [0, 0.05) is 29.0 Å². The molecule has 0 spiro atoms. The number of amides is 1. The van der Waals surface area contributed by atoms with Crippen LogP contribution in [-0.2, 0) is 6.54 Å². The van der Waals surface area contributed by atoms with Crippen LogP contribution in [0.25, 0.3) is 22.0 Å². The van der Waals surface area contributed by atoms with Crippen molar-refractivity contribution in [3.63, 3.8) is 0 Å². The molecule has 0 aliphatic heterocycles. The van der Waals surface area contributed by atoms with Crippen molar-refractivity contribution in [1.82, 2.24) is 25.0 Å². The van der Waals surface area contributed by atoms with Crippen molar-refractivity contribution in [2.45, 2.75) is 13.5 Å². The predicted molar refractivity (Wildman–Crippen MR) is 125 cm³/mol. The molecule has 0 unspecified atom stereocenters. The quantitative estimate of drug-likeness (QED) is 0.429. The summed E-state index contributed by atoms with van der Waals surface area (Å²) in [6, 6.07) is 19.2. The molecule has 160 valence electrons. The first-order valence-electron chi connectivity index (χ1n) is 10.3. The van der Waals surface area contributed by atoms with Crippen LogP contribution in [0.5, 0.6) is 0 Å². The predicted octanol–water partition coefficient (Wildman–Crippen LogP) is 4.30. The van der Waals surface area contributed by atoms with Gasteiger partial charge in [-0.15, -0.1) is 0 Å². The summed E-state index contributed by atoms with van der Waals surface area (Å²) in [6.45, 7) is 2.44. The lowest BCUT2D eigenvalue weighted by atomic mass is 10.0. The van der Waals surface area contributed by atoms with Gasteiger partial charge in [0.2, 0.25) is 0 Å². The summed E-state index contributed by atoms with van der Waals surface area (Å²) >= 11 is 0. The van der Waals surface area contributed by atoms with E-state index in [1.54, 1.807) is 23.1 Å². The van der Waals surface area contributed by atoms with Crippen molar-refractivity contribution in [2.24, 2.45) is 0 Å². The average Bonchev–Trinajstić information content (AvgIpc) is 3.46. The molecule has 0 bridgehead atoms. The Bertz CT molecular complexity index is 1510. The molecule has 5 aromatic rings. The number of nitriles is 1. The van der Waals surface area contributed by atoms with Gasteiger partial charge in [-0.3, -0.25) is 19.6 Å². The lowest BCUT2D eigenvalue weighted by Crippen LogP contribution is -2.12. The van der Waals surface area contributed by atoms with Gasteiger partial charge in [0.15, 0.2) is 5.69 Å². The van der Waals surface area contributed by atoms with Gasteiger partial charge in [0.1, 0.15) is 0 Å². The smallest absolute Gasteiger partial charge is 0.276 e. The highest BCUT2D eigenvalue weighted by Gasteiger charge is 2.16. The zero-order chi connectivity index (χ0) is 22.8. The maximum atomic E-state index is 12.9. The molecule has 2 N–H and O–H groups in total. The standard InChI is InChI=1S/C25H19N7O/c1-16-5-6-20(12-27-16)19-7-8-22-23(10-19)30-31-24(22)25(33)29-21-13-28-32(15-21)14-18-4-2-3-17(9-18)11-26/h2-10,12-13,15H,14H2,1H3,(H,29,33)(H,30,31). The number of rotatable bonds is 5. The van der Waals surface area contributed by atoms with E-state index >= 15 is 0 Å². The molecular weight excluding hydrogens is 414 g/mol. The van der Waals surface area contributed by atoms with Gasteiger partial charge in [-0.1, -0.05) is 24.3 Å². The molecule has 1 amide bonds. The summed E-state index contributed by atoms with van der Waals surface area (Å²) in [5, 5.41) is 24.1. The number of aromatic amines is 1. The first-order chi connectivity index (χ1) is 16.1. The highest BCUT2D eigenvalue weighted by molar-refractivity contribution is 6.11. The van der Waals surface area contributed by atoms with Crippen molar-refractivity contribution in [1.29, 1.82) is 5.26 Å². The lowest BCUT2D eigenvalue weighted by Gasteiger charge is -2.03. The van der Waals surface area contributed by atoms with Gasteiger partial charge in [0.05, 0.1) is 35.6 Å². The number of fused-ring (bicyclic) bond motifs is 1. The van der Waals surface area contributed by atoms with Crippen LogP contribution in [0, 0.1) is 18.3 Å². The number of carbonyl (C=O) groups excluding carboxylic acids is 1. The Balaban J connectivity index is 1.32. The fraction of sp³-hybridized carbons (Fsp3) is 0.0800. The molecule has 33 heavy (non-hydrogen) atoms. The van der Waals surface area contributed by atoms with E-state index in [1.807, 2.05) is 61.7 Å². The third-order valence-electron chi connectivity index (χ3n) is 5.31. The normalized spacial score (nSPS) is 10.8. The molecule has 0 radical (unpaired) electrons. The van der Waals surface area contributed by atoms with Crippen LogP contribution in [-0.4, -0.2) is 30.9 Å². The maximum Gasteiger partial charge on any atom is 0.276 e. The van der Waals surface area contributed by atoms with Crippen molar-refractivity contribution >= 4 is 22.5 Å². The number of hydrogen-bond donors (Lipinski definition) is 2. The second-order valence-electron chi connectivity index (χ2n) is 7.71. The summed E-state index contributed by atoms with van der Waals surface area (Å²) in [6.07, 6.45) is 5.16. The number of benzene rings is 2. The topological polar surface area (TPSA) is 112 Å². The summed E-state index contributed by atoms with van der Waals surface area (Å²) in [5.41, 5.74) is 6.14. The van der Waals surface area contributed by atoms with E-state index in [0.717, 1.165) is 33.3 Å². The fourth-order valence-corrected chi connectivity index (χ4v) is 3.64. The number of pyridine rings is 1. The van der Waals surface area contributed by atoms with Crippen LogP contribution in [0.15, 0.2) is 73.2 Å². The van der Waals surface area contributed by atoms with E-state index < -0.39 is 0 Å². The van der Waals surface area contributed by atoms with Crippen molar-refractivity contribution < 1.29 is 4.79 Å². The molecule has 8 nitrogen and oxygen atoms in total. The van der Waals surface area contributed by atoms with Crippen molar-refractivity contribution in [3.05, 3.63) is 95.7 Å². The van der Waals surface area contributed by atoms with E-state index in [1.165, 1.54) is 0 Å². The first kappa shape index (κ1) is 20.2. The molecule has 8 heteroatoms. The summed E-state index contributed by atoms with van der Waals surface area (Å²) in [5.74, 6) is -0.322. The van der Waals surface area contributed by atoms with Gasteiger partial charge >= 0.3 is 0 Å². The van der Waals surface area contributed by atoms with Crippen LogP contribution in [0.4, 0.5) is 5.69 Å². The Labute approximate surface area is 189 Å². The Hall–Kier alpha value is -4.77. The van der Waals surface area contributed by atoms with Crippen LogP contribution >= 0.6 is 0 Å². The zero-order valence-corrected chi connectivity index (χ0v) is 17.8. The third kappa shape index (κ3) is 4.20. The molecule has 0 atom stereocenters. The SMILES string of the molecule is Cc1ccc(-c2ccc3c(C(=O)Nc4cnn(Cc5cccc(C#N)c5)c4)n[nH]c3c2)cn1.